The summed E-state index contributed by atoms with van der Waals surface area (Å²) in [6.07, 6.45) is 4.99. The molecule has 104 valence electrons. The van der Waals surface area contributed by atoms with E-state index in [2.05, 4.69) is 21.2 Å². The highest BCUT2D eigenvalue weighted by Gasteiger charge is 2.33. The smallest absolute Gasteiger partial charge is 0.251 e. The topological polar surface area (TPSA) is 29.1 Å². The van der Waals surface area contributed by atoms with Gasteiger partial charge in [-0.1, -0.05) is 40.9 Å². The fraction of sp³-hybridized carbons (Fsp3) is 0.562. The number of carbonyl (C=O) groups is 1. The molecule has 1 N–H and O–H groups in total. The molecule has 0 saturated heterocycles. The lowest BCUT2D eigenvalue weighted by Crippen LogP contribution is -2.37. The summed E-state index contributed by atoms with van der Waals surface area (Å²) in [6, 6.07) is 5.91. The van der Waals surface area contributed by atoms with Crippen LogP contribution >= 0.6 is 15.9 Å². The van der Waals surface area contributed by atoms with Gasteiger partial charge in [0, 0.05) is 17.4 Å². The van der Waals surface area contributed by atoms with Crippen molar-refractivity contribution in [2.75, 3.05) is 11.9 Å². The number of carbonyl (C=O) groups excluding carboxylic acids is 1. The maximum absolute atomic E-state index is 12.3. The first-order valence-electron chi connectivity index (χ1n) is 6.98. The van der Waals surface area contributed by atoms with Gasteiger partial charge in [-0.25, -0.2) is 0 Å². The van der Waals surface area contributed by atoms with Crippen molar-refractivity contribution in [2.24, 2.45) is 5.41 Å². The first-order chi connectivity index (χ1) is 9.08. The Morgan fingerprint density at radius 1 is 1.32 bits per heavy atom. The minimum absolute atomic E-state index is 0.0634. The van der Waals surface area contributed by atoms with Crippen molar-refractivity contribution in [3.63, 3.8) is 0 Å². The van der Waals surface area contributed by atoms with E-state index in [1.54, 1.807) is 0 Å². The molecule has 0 aromatic heterocycles. The predicted octanol–water partition coefficient (Wildman–Crippen LogP) is 3.99. The number of nitrogens with one attached hydrogen (secondary N) is 1. The molecule has 1 aromatic carbocycles. The SMILES string of the molecule is Cc1cccc(C(=O)NCC2(CBr)CCCC2)c1C. The first-order valence-corrected chi connectivity index (χ1v) is 8.10. The number of halogens is 1. The molecule has 0 spiro atoms. The third-order valence-electron chi connectivity index (χ3n) is 4.42. The second-order valence-electron chi connectivity index (χ2n) is 5.77. The van der Waals surface area contributed by atoms with Crippen LogP contribution in [0.25, 0.3) is 0 Å². The fourth-order valence-corrected chi connectivity index (χ4v) is 3.60. The summed E-state index contributed by atoms with van der Waals surface area (Å²) in [7, 11) is 0. The molecule has 19 heavy (non-hydrogen) atoms. The molecule has 1 aliphatic rings. The normalized spacial score (nSPS) is 17.4. The van der Waals surface area contributed by atoms with Crippen molar-refractivity contribution in [3.8, 4) is 0 Å². The highest BCUT2D eigenvalue weighted by atomic mass is 79.9. The molecule has 0 heterocycles. The van der Waals surface area contributed by atoms with Crippen LogP contribution in [0.3, 0.4) is 0 Å². The van der Waals surface area contributed by atoms with Gasteiger partial charge in [0.2, 0.25) is 0 Å². The van der Waals surface area contributed by atoms with E-state index < -0.39 is 0 Å². The van der Waals surface area contributed by atoms with E-state index in [0.717, 1.165) is 23.0 Å². The molecule has 0 aliphatic heterocycles. The lowest BCUT2D eigenvalue weighted by atomic mass is 9.88. The highest BCUT2D eigenvalue weighted by Crippen LogP contribution is 2.39. The van der Waals surface area contributed by atoms with Crippen molar-refractivity contribution in [1.29, 1.82) is 0 Å². The Morgan fingerprint density at radius 2 is 2.00 bits per heavy atom. The summed E-state index contributed by atoms with van der Waals surface area (Å²) in [4.78, 5) is 12.3. The van der Waals surface area contributed by atoms with Gasteiger partial charge in [0.15, 0.2) is 0 Å². The van der Waals surface area contributed by atoms with E-state index in [1.165, 1.54) is 31.2 Å². The van der Waals surface area contributed by atoms with Crippen LogP contribution in [-0.4, -0.2) is 17.8 Å². The Balaban J connectivity index is 2.03. The summed E-state index contributed by atoms with van der Waals surface area (Å²) in [5.74, 6) is 0.0634. The van der Waals surface area contributed by atoms with Crippen molar-refractivity contribution in [2.45, 2.75) is 39.5 Å². The second-order valence-corrected chi connectivity index (χ2v) is 6.33. The molecule has 1 saturated carbocycles. The minimum atomic E-state index is 0.0634. The lowest BCUT2D eigenvalue weighted by Gasteiger charge is -2.26. The third-order valence-corrected chi connectivity index (χ3v) is 5.61. The number of benzene rings is 1. The summed E-state index contributed by atoms with van der Waals surface area (Å²) >= 11 is 3.61. The van der Waals surface area contributed by atoms with E-state index in [1.807, 2.05) is 32.0 Å². The van der Waals surface area contributed by atoms with Gasteiger partial charge in [-0.05, 0) is 49.3 Å². The second kappa shape index (κ2) is 6.08. The van der Waals surface area contributed by atoms with E-state index in [-0.39, 0.29) is 11.3 Å². The number of aryl methyl sites for hydroxylation is 1. The predicted molar refractivity (Wildman–Crippen MR) is 82.9 cm³/mol. The van der Waals surface area contributed by atoms with E-state index in [4.69, 9.17) is 0 Å². The Bertz CT molecular complexity index is 464. The Morgan fingerprint density at radius 3 is 2.63 bits per heavy atom. The summed E-state index contributed by atoms with van der Waals surface area (Å²) in [5.41, 5.74) is 3.33. The molecule has 1 amide bonds. The molecule has 0 bridgehead atoms. The van der Waals surface area contributed by atoms with Crippen LogP contribution in [0.4, 0.5) is 0 Å². The monoisotopic (exact) mass is 323 g/mol. The molecule has 3 heteroatoms. The molecule has 2 nitrogen and oxygen atoms in total. The zero-order chi connectivity index (χ0) is 13.9. The summed E-state index contributed by atoms with van der Waals surface area (Å²) in [6.45, 7) is 4.84. The molecule has 1 fully saturated rings. The Labute approximate surface area is 124 Å². The summed E-state index contributed by atoms with van der Waals surface area (Å²) in [5, 5.41) is 4.11. The largest absolute Gasteiger partial charge is 0.351 e. The zero-order valence-corrected chi connectivity index (χ0v) is 13.3. The van der Waals surface area contributed by atoms with E-state index in [0.29, 0.717) is 0 Å². The zero-order valence-electron chi connectivity index (χ0n) is 11.8. The van der Waals surface area contributed by atoms with Crippen molar-refractivity contribution in [1.82, 2.24) is 5.32 Å². The van der Waals surface area contributed by atoms with Gasteiger partial charge >= 0.3 is 0 Å². The average molecular weight is 324 g/mol. The molecule has 1 aromatic rings. The van der Waals surface area contributed by atoms with Crippen molar-refractivity contribution >= 4 is 21.8 Å². The maximum atomic E-state index is 12.3. The molecular formula is C16H22BrNO. The Hall–Kier alpha value is -0.830. The van der Waals surface area contributed by atoms with Crippen LogP contribution in [0.5, 0.6) is 0 Å². The van der Waals surface area contributed by atoms with Crippen LogP contribution in [0.15, 0.2) is 18.2 Å². The first kappa shape index (κ1) is 14.6. The molecule has 0 unspecified atom stereocenters. The third kappa shape index (κ3) is 3.19. The van der Waals surface area contributed by atoms with Gasteiger partial charge in [0.1, 0.15) is 0 Å². The van der Waals surface area contributed by atoms with Crippen LogP contribution in [0.1, 0.15) is 47.2 Å². The molecule has 0 atom stereocenters. The number of hydrogen-bond acceptors (Lipinski definition) is 1. The van der Waals surface area contributed by atoms with E-state index >= 15 is 0 Å². The molecule has 1 aliphatic carbocycles. The number of amides is 1. The van der Waals surface area contributed by atoms with Gasteiger partial charge in [0.25, 0.3) is 5.91 Å². The summed E-state index contributed by atoms with van der Waals surface area (Å²) < 4.78 is 0. The van der Waals surface area contributed by atoms with Gasteiger partial charge in [-0.2, -0.15) is 0 Å². The standard InChI is InChI=1S/C16H22BrNO/c1-12-6-5-7-14(13(12)2)15(19)18-11-16(10-17)8-3-4-9-16/h5-7H,3-4,8-11H2,1-2H3,(H,18,19). The van der Waals surface area contributed by atoms with Crippen LogP contribution < -0.4 is 5.32 Å². The number of alkyl halides is 1. The molecule has 0 radical (unpaired) electrons. The Kier molecular flexibility index (Phi) is 4.67. The van der Waals surface area contributed by atoms with Crippen LogP contribution in [-0.2, 0) is 0 Å². The molecule has 2 rings (SSSR count). The highest BCUT2D eigenvalue weighted by molar-refractivity contribution is 9.09. The fourth-order valence-electron chi connectivity index (χ4n) is 2.84. The number of rotatable bonds is 4. The lowest BCUT2D eigenvalue weighted by molar-refractivity contribution is 0.0935. The maximum Gasteiger partial charge on any atom is 0.251 e. The van der Waals surface area contributed by atoms with Gasteiger partial charge in [0.05, 0.1) is 0 Å². The molecular weight excluding hydrogens is 302 g/mol. The van der Waals surface area contributed by atoms with Gasteiger partial charge < -0.3 is 5.32 Å². The van der Waals surface area contributed by atoms with Crippen molar-refractivity contribution in [3.05, 3.63) is 34.9 Å². The van der Waals surface area contributed by atoms with Gasteiger partial charge in [-0.3, -0.25) is 4.79 Å². The van der Waals surface area contributed by atoms with Crippen molar-refractivity contribution < 1.29 is 4.79 Å². The van der Waals surface area contributed by atoms with Gasteiger partial charge in [-0.15, -0.1) is 0 Å². The minimum Gasteiger partial charge on any atom is -0.351 e. The van der Waals surface area contributed by atoms with E-state index in [9.17, 15) is 4.79 Å². The average Bonchev–Trinajstić information content (AvgIpc) is 2.89. The van der Waals surface area contributed by atoms with Crippen LogP contribution in [0.2, 0.25) is 0 Å². The quantitative estimate of drug-likeness (QED) is 0.834. The number of hydrogen-bond donors (Lipinski definition) is 1. The van der Waals surface area contributed by atoms with Crippen LogP contribution in [0, 0.1) is 19.3 Å².